The Morgan fingerprint density at radius 2 is 2.14 bits per heavy atom. The van der Waals surface area contributed by atoms with Gasteiger partial charge in [-0.25, -0.2) is 0 Å². The third-order valence-corrected chi connectivity index (χ3v) is 4.35. The van der Waals surface area contributed by atoms with E-state index in [1.807, 2.05) is 11.8 Å². The monoisotopic (exact) mass is 291 g/mol. The fourth-order valence-electron chi connectivity index (χ4n) is 2.91. The number of nitrogens with zero attached hydrogens (tertiary/aromatic N) is 2. The summed E-state index contributed by atoms with van der Waals surface area (Å²) in [6.45, 7) is 4.88. The Morgan fingerprint density at radius 3 is 2.76 bits per heavy atom. The third kappa shape index (κ3) is 2.84. The van der Waals surface area contributed by atoms with Crippen molar-refractivity contribution >= 4 is 17.3 Å². The van der Waals surface area contributed by atoms with E-state index in [1.54, 1.807) is 19.2 Å². The van der Waals surface area contributed by atoms with E-state index >= 15 is 0 Å². The molecular formula is C15H21N3O3. The molecule has 0 aromatic heterocycles. The normalized spacial score (nSPS) is 22.0. The number of nitro groups is 1. The summed E-state index contributed by atoms with van der Waals surface area (Å²) >= 11 is 0. The van der Waals surface area contributed by atoms with E-state index in [9.17, 15) is 14.9 Å². The van der Waals surface area contributed by atoms with Crippen LogP contribution >= 0.6 is 0 Å². The predicted molar refractivity (Wildman–Crippen MR) is 81.5 cm³/mol. The first kappa shape index (κ1) is 15.3. The number of hydrogen-bond donors (Lipinski definition) is 1. The van der Waals surface area contributed by atoms with E-state index in [0.717, 1.165) is 12.8 Å². The molecule has 2 atom stereocenters. The SMILES string of the molecule is CNc1c(C(=O)N2CCCC(C)C2C)cccc1[N+](=O)[O-]. The number of carbonyl (C=O) groups excluding carboxylic acids is 1. The number of likely N-dealkylation sites (tertiary alicyclic amines) is 1. The topological polar surface area (TPSA) is 75.5 Å². The van der Waals surface area contributed by atoms with Crippen LogP contribution in [0.5, 0.6) is 0 Å². The number of carbonyl (C=O) groups is 1. The van der Waals surface area contributed by atoms with E-state index in [4.69, 9.17) is 0 Å². The van der Waals surface area contributed by atoms with Crippen LogP contribution in [-0.4, -0.2) is 35.4 Å². The summed E-state index contributed by atoms with van der Waals surface area (Å²) in [5.74, 6) is 0.307. The molecule has 1 fully saturated rings. The first-order valence-corrected chi connectivity index (χ1v) is 7.23. The van der Waals surface area contributed by atoms with Crippen LogP contribution in [0.1, 0.15) is 37.0 Å². The molecule has 1 heterocycles. The second-order valence-electron chi connectivity index (χ2n) is 5.57. The van der Waals surface area contributed by atoms with Crippen LogP contribution in [0.3, 0.4) is 0 Å². The number of piperidine rings is 1. The Hall–Kier alpha value is -2.11. The zero-order chi connectivity index (χ0) is 15.6. The van der Waals surface area contributed by atoms with Gasteiger partial charge in [0.25, 0.3) is 11.6 Å². The molecule has 1 saturated heterocycles. The molecule has 0 aliphatic carbocycles. The second kappa shape index (κ2) is 6.11. The Morgan fingerprint density at radius 1 is 1.43 bits per heavy atom. The number of nitrogens with one attached hydrogen (secondary N) is 1. The van der Waals surface area contributed by atoms with Crippen molar-refractivity contribution in [3.8, 4) is 0 Å². The van der Waals surface area contributed by atoms with E-state index in [2.05, 4.69) is 12.2 Å². The maximum atomic E-state index is 12.8. The van der Waals surface area contributed by atoms with Crippen LogP contribution in [-0.2, 0) is 0 Å². The Balaban J connectivity index is 2.39. The quantitative estimate of drug-likeness (QED) is 0.686. The molecule has 114 valence electrons. The molecule has 2 unspecified atom stereocenters. The van der Waals surface area contributed by atoms with Gasteiger partial charge in [0.05, 0.1) is 10.5 Å². The van der Waals surface area contributed by atoms with Crippen molar-refractivity contribution in [2.24, 2.45) is 5.92 Å². The molecule has 1 aromatic rings. The Labute approximate surface area is 124 Å². The van der Waals surface area contributed by atoms with Gasteiger partial charge in [0, 0.05) is 25.7 Å². The van der Waals surface area contributed by atoms with Gasteiger partial charge in [-0.15, -0.1) is 0 Å². The van der Waals surface area contributed by atoms with Gasteiger partial charge in [-0.1, -0.05) is 13.0 Å². The van der Waals surface area contributed by atoms with Gasteiger partial charge in [-0.2, -0.15) is 0 Å². The molecule has 6 nitrogen and oxygen atoms in total. The first-order chi connectivity index (χ1) is 9.97. The van der Waals surface area contributed by atoms with E-state index in [0.29, 0.717) is 18.0 Å². The second-order valence-corrected chi connectivity index (χ2v) is 5.57. The Kier molecular flexibility index (Phi) is 4.45. The molecular weight excluding hydrogens is 270 g/mol. The summed E-state index contributed by atoms with van der Waals surface area (Å²) in [6.07, 6.45) is 2.08. The third-order valence-electron chi connectivity index (χ3n) is 4.35. The van der Waals surface area contributed by atoms with Crippen LogP contribution in [0.25, 0.3) is 0 Å². The van der Waals surface area contributed by atoms with Crippen LogP contribution in [0.15, 0.2) is 18.2 Å². The number of anilines is 1. The molecule has 1 amide bonds. The lowest BCUT2D eigenvalue weighted by atomic mass is 9.91. The average molecular weight is 291 g/mol. The van der Waals surface area contributed by atoms with Crippen LogP contribution < -0.4 is 5.32 Å². The largest absolute Gasteiger partial charge is 0.382 e. The number of rotatable bonds is 3. The first-order valence-electron chi connectivity index (χ1n) is 7.23. The van der Waals surface area contributed by atoms with E-state index in [-0.39, 0.29) is 23.3 Å². The van der Waals surface area contributed by atoms with Gasteiger partial charge in [-0.3, -0.25) is 14.9 Å². The molecule has 0 spiro atoms. The van der Waals surface area contributed by atoms with Crippen LogP contribution in [0.4, 0.5) is 11.4 Å². The lowest BCUT2D eigenvalue weighted by molar-refractivity contribution is -0.384. The maximum Gasteiger partial charge on any atom is 0.293 e. The average Bonchev–Trinajstić information content (AvgIpc) is 2.48. The summed E-state index contributed by atoms with van der Waals surface area (Å²) in [7, 11) is 1.60. The van der Waals surface area contributed by atoms with Gasteiger partial charge >= 0.3 is 0 Å². The van der Waals surface area contributed by atoms with E-state index in [1.165, 1.54) is 6.07 Å². The number of para-hydroxylation sites is 1. The van der Waals surface area contributed by atoms with Crippen molar-refractivity contribution in [1.29, 1.82) is 0 Å². The molecule has 1 aliphatic rings. The zero-order valence-corrected chi connectivity index (χ0v) is 12.6. The number of benzene rings is 1. The van der Waals surface area contributed by atoms with Gasteiger partial charge in [0.2, 0.25) is 0 Å². The lowest BCUT2D eigenvalue weighted by Gasteiger charge is -2.38. The van der Waals surface area contributed by atoms with Crippen LogP contribution in [0.2, 0.25) is 0 Å². The summed E-state index contributed by atoms with van der Waals surface area (Å²) in [6, 6.07) is 4.76. The lowest BCUT2D eigenvalue weighted by Crippen LogP contribution is -2.46. The molecule has 1 aliphatic heterocycles. The molecule has 2 rings (SSSR count). The highest BCUT2D eigenvalue weighted by molar-refractivity contribution is 6.01. The predicted octanol–water partition coefficient (Wildman–Crippen LogP) is 2.90. The van der Waals surface area contributed by atoms with Crippen LogP contribution in [0, 0.1) is 16.0 Å². The highest BCUT2D eigenvalue weighted by Gasteiger charge is 2.31. The minimum atomic E-state index is -0.467. The molecule has 0 radical (unpaired) electrons. The van der Waals surface area contributed by atoms with Crippen molar-refractivity contribution in [2.45, 2.75) is 32.7 Å². The number of nitro benzene ring substituents is 1. The number of hydrogen-bond acceptors (Lipinski definition) is 4. The fraction of sp³-hybridized carbons (Fsp3) is 0.533. The van der Waals surface area contributed by atoms with Crippen molar-refractivity contribution in [3.05, 3.63) is 33.9 Å². The molecule has 0 saturated carbocycles. The summed E-state index contributed by atoms with van der Waals surface area (Å²) in [5, 5.41) is 13.9. The molecule has 0 bridgehead atoms. The molecule has 6 heteroatoms. The van der Waals surface area contributed by atoms with Gasteiger partial charge < -0.3 is 10.2 Å². The zero-order valence-electron chi connectivity index (χ0n) is 12.6. The summed E-state index contributed by atoms with van der Waals surface area (Å²) < 4.78 is 0. The minimum absolute atomic E-state index is 0.0685. The van der Waals surface area contributed by atoms with Crippen molar-refractivity contribution in [3.63, 3.8) is 0 Å². The number of amides is 1. The molecule has 21 heavy (non-hydrogen) atoms. The fourth-order valence-corrected chi connectivity index (χ4v) is 2.91. The van der Waals surface area contributed by atoms with Gasteiger partial charge in [0.15, 0.2) is 0 Å². The standard InChI is InChI=1S/C15H21N3O3/c1-10-6-5-9-17(11(10)2)15(19)12-7-4-8-13(18(20)21)14(12)16-3/h4,7-8,10-11,16H,5-6,9H2,1-3H3. The smallest absolute Gasteiger partial charge is 0.293 e. The summed E-state index contributed by atoms with van der Waals surface area (Å²) in [5.41, 5.74) is 0.589. The molecule has 1 aromatic carbocycles. The van der Waals surface area contributed by atoms with Crippen molar-refractivity contribution in [1.82, 2.24) is 4.90 Å². The maximum absolute atomic E-state index is 12.8. The van der Waals surface area contributed by atoms with Crippen molar-refractivity contribution < 1.29 is 9.72 Å². The summed E-state index contributed by atoms with van der Waals surface area (Å²) in [4.78, 5) is 25.2. The minimum Gasteiger partial charge on any atom is -0.382 e. The van der Waals surface area contributed by atoms with Gasteiger partial charge in [-0.05, 0) is 31.7 Å². The highest BCUT2D eigenvalue weighted by Crippen LogP contribution is 2.31. The van der Waals surface area contributed by atoms with Gasteiger partial charge in [0.1, 0.15) is 5.69 Å². The highest BCUT2D eigenvalue weighted by atomic mass is 16.6. The van der Waals surface area contributed by atoms with E-state index < -0.39 is 4.92 Å². The molecule has 1 N–H and O–H groups in total. The van der Waals surface area contributed by atoms with Crippen molar-refractivity contribution in [2.75, 3.05) is 18.9 Å². The Bertz CT molecular complexity index is 559.